The Hall–Kier alpha value is -3.23. The summed E-state index contributed by atoms with van der Waals surface area (Å²) >= 11 is 0. The second kappa shape index (κ2) is 9.63. The number of halogens is 3. The van der Waals surface area contributed by atoms with Crippen LogP contribution in [0, 0.1) is 0 Å². The van der Waals surface area contributed by atoms with Gasteiger partial charge in [0, 0.05) is 6.54 Å². The van der Waals surface area contributed by atoms with Crippen molar-refractivity contribution in [1.82, 2.24) is 4.90 Å². The van der Waals surface area contributed by atoms with Crippen molar-refractivity contribution in [2.24, 2.45) is 0 Å². The second-order valence-electron chi connectivity index (χ2n) is 5.77. The topological polar surface area (TPSA) is 76.1 Å². The standard InChI is InChI=1S/C19H18F3NO5/c20-19(21,22)13-28-16-9-5-4-8-15(16)27-12-17(24)23(11-18(25)26)10-14-6-2-1-3-7-14/h1-9H,10-13H2,(H,25,26). The van der Waals surface area contributed by atoms with Crippen molar-refractivity contribution in [3.8, 4) is 11.5 Å². The first-order valence-electron chi connectivity index (χ1n) is 8.19. The van der Waals surface area contributed by atoms with Crippen LogP contribution in [-0.4, -0.2) is 47.8 Å². The normalized spacial score (nSPS) is 11.0. The number of carboxylic acid groups (broad SMARTS) is 1. The molecule has 1 N–H and O–H groups in total. The van der Waals surface area contributed by atoms with Gasteiger partial charge in [-0.2, -0.15) is 13.2 Å². The monoisotopic (exact) mass is 397 g/mol. The average Bonchev–Trinajstić information content (AvgIpc) is 2.64. The predicted octanol–water partition coefficient (Wildman–Crippen LogP) is 3.12. The summed E-state index contributed by atoms with van der Waals surface area (Å²) < 4.78 is 47.0. The van der Waals surface area contributed by atoms with Gasteiger partial charge >= 0.3 is 12.1 Å². The fourth-order valence-corrected chi connectivity index (χ4v) is 2.28. The van der Waals surface area contributed by atoms with Crippen LogP contribution in [-0.2, 0) is 16.1 Å². The zero-order valence-corrected chi connectivity index (χ0v) is 14.7. The van der Waals surface area contributed by atoms with Crippen LogP contribution in [0.25, 0.3) is 0 Å². The molecule has 9 heteroatoms. The molecule has 2 aromatic rings. The molecule has 2 rings (SSSR count). The highest BCUT2D eigenvalue weighted by Gasteiger charge is 2.29. The maximum absolute atomic E-state index is 12.4. The summed E-state index contributed by atoms with van der Waals surface area (Å²) in [6.45, 7) is -2.53. The van der Waals surface area contributed by atoms with E-state index in [4.69, 9.17) is 9.84 Å². The maximum atomic E-state index is 12.4. The molecule has 0 saturated heterocycles. The van der Waals surface area contributed by atoms with Gasteiger partial charge in [0.1, 0.15) is 6.54 Å². The third kappa shape index (κ3) is 7.18. The zero-order valence-electron chi connectivity index (χ0n) is 14.7. The number of carbonyl (C=O) groups is 2. The van der Waals surface area contributed by atoms with Crippen molar-refractivity contribution in [3.05, 3.63) is 60.2 Å². The molecule has 0 aromatic heterocycles. The third-order valence-electron chi connectivity index (χ3n) is 3.49. The van der Waals surface area contributed by atoms with E-state index >= 15 is 0 Å². The SMILES string of the molecule is O=C(O)CN(Cc1ccccc1)C(=O)COc1ccccc1OCC(F)(F)F. The molecule has 0 heterocycles. The Morgan fingerprint density at radius 3 is 2.07 bits per heavy atom. The molecule has 0 atom stereocenters. The van der Waals surface area contributed by atoms with Gasteiger partial charge in [0.25, 0.3) is 5.91 Å². The van der Waals surface area contributed by atoms with Crippen LogP contribution in [0.4, 0.5) is 13.2 Å². The van der Waals surface area contributed by atoms with Gasteiger partial charge < -0.3 is 19.5 Å². The lowest BCUT2D eigenvalue weighted by Gasteiger charge is -2.21. The van der Waals surface area contributed by atoms with Gasteiger partial charge in [-0.1, -0.05) is 42.5 Å². The summed E-state index contributed by atoms with van der Waals surface area (Å²) in [7, 11) is 0. The van der Waals surface area contributed by atoms with E-state index in [2.05, 4.69) is 4.74 Å². The zero-order chi connectivity index (χ0) is 20.6. The molecule has 0 radical (unpaired) electrons. The fourth-order valence-electron chi connectivity index (χ4n) is 2.28. The van der Waals surface area contributed by atoms with Gasteiger partial charge in [-0.05, 0) is 17.7 Å². The Labute approximate surface area is 159 Å². The molecule has 0 spiro atoms. The van der Waals surface area contributed by atoms with Crippen LogP contribution in [0.5, 0.6) is 11.5 Å². The first-order chi connectivity index (χ1) is 13.2. The molecule has 0 aliphatic carbocycles. The minimum absolute atomic E-state index is 0.0462. The molecule has 150 valence electrons. The molecule has 0 unspecified atom stereocenters. The number of carboxylic acids is 1. The van der Waals surface area contributed by atoms with Crippen LogP contribution < -0.4 is 9.47 Å². The number of hydrogen-bond donors (Lipinski definition) is 1. The van der Waals surface area contributed by atoms with Crippen LogP contribution >= 0.6 is 0 Å². The molecule has 0 fully saturated rings. The van der Waals surface area contributed by atoms with Crippen molar-refractivity contribution in [2.75, 3.05) is 19.8 Å². The van der Waals surface area contributed by atoms with Gasteiger partial charge in [-0.25, -0.2) is 0 Å². The van der Waals surface area contributed by atoms with Gasteiger partial charge in [0.05, 0.1) is 0 Å². The minimum atomic E-state index is -4.52. The van der Waals surface area contributed by atoms with Crippen molar-refractivity contribution in [2.45, 2.75) is 12.7 Å². The molecule has 0 aliphatic heterocycles. The number of benzene rings is 2. The minimum Gasteiger partial charge on any atom is -0.480 e. The lowest BCUT2D eigenvalue weighted by molar-refractivity contribution is -0.153. The number of carbonyl (C=O) groups excluding carboxylic acids is 1. The van der Waals surface area contributed by atoms with Crippen molar-refractivity contribution < 1.29 is 37.3 Å². The number of hydrogen-bond acceptors (Lipinski definition) is 4. The fraction of sp³-hybridized carbons (Fsp3) is 0.263. The molecular weight excluding hydrogens is 379 g/mol. The number of ether oxygens (including phenoxy) is 2. The Bertz CT molecular complexity index is 796. The van der Waals surface area contributed by atoms with Crippen LogP contribution in [0.2, 0.25) is 0 Å². The van der Waals surface area contributed by atoms with E-state index in [9.17, 15) is 22.8 Å². The number of para-hydroxylation sites is 2. The van der Waals surface area contributed by atoms with Gasteiger partial charge in [-0.15, -0.1) is 0 Å². The van der Waals surface area contributed by atoms with E-state index in [1.807, 2.05) is 0 Å². The molecule has 0 aliphatic rings. The smallest absolute Gasteiger partial charge is 0.422 e. The number of nitrogens with zero attached hydrogens (tertiary/aromatic N) is 1. The Morgan fingerprint density at radius 1 is 0.929 bits per heavy atom. The average molecular weight is 397 g/mol. The van der Waals surface area contributed by atoms with Gasteiger partial charge in [0.2, 0.25) is 0 Å². The summed E-state index contributed by atoms with van der Waals surface area (Å²) in [5.41, 5.74) is 0.728. The Morgan fingerprint density at radius 2 is 1.50 bits per heavy atom. The lowest BCUT2D eigenvalue weighted by Crippen LogP contribution is -2.38. The highest BCUT2D eigenvalue weighted by Crippen LogP contribution is 2.28. The summed E-state index contributed by atoms with van der Waals surface area (Å²) in [6.07, 6.45) is -4.52. The van der Waals surface area contributed by atoms with E-state index in [0.29, 0.717) is 0 Å². The summed E-state index contributed by atoms with van der Waals surface area (Å²) in [6, 6.07) is 14.4. The molecule has 2 aromatic carbocycles. The Balaban J connectivity index is 2.03. The van der Waals surface area contributed by atoms with E-state index in [0.717, 1.165) is 10.5 Å². The van der Waals surface area contributed by atoms with E-state index in [-0.39, 0.29) is 18.0 Å². The summed E-state index contributed by atoms with van der Waals surface area (Å²) in [5, 5.41) is 9.03. The summed E-state index contributed by atoms with van der Waals surface area (Å²) in [4.78, 5) is 24.5. The molecule has 1 amide bonds. The quantitative estimate of drug-likeness (QED) is 0.704. The largest absolute Gasteiger partial charge is 0.480 e. The number of alkyl halides is 3. The van der Waals surface area contributed by atoms with E-state index < -0.39 is 37.8 Å². The van der Waals surface area contributed by atoms with Crippen LogP contribution in [0.15, 0.2) is 54.6 Å². The van der Waals surface area contributed by atoms with E-state index in [1.165, 1.54) is 24.3 Å². The van der Waals surface area contributed by atoms with Crippen LogP contribution in [0.1, 0.15) is 5.56 Å². The summed E-state index contributed by atoms with van der Waals surface area (Å²) in [5.74, 6) is -2.04. The molecule has 0 saturated carbocycles. The van der Waals surface area contributed by atoms with Crippen molar-refractivity contribution in [1.29, 1.82) is 0 Å². The first kappa shape index (κ1) is 21.1. The molecule has 6 nitrogen and oxygen atoms in total. The first-order valence-corrected chi connectivity index (χ1v) is 8.19. The maximum Gasteiger partial charge on any atom is 0.422 e. The highest BCUT2D eigenvalue weighted by atomic mass is 19.4. The number of rotatable bonds is 9. The number of aliphatic carboxylic acids is 1. The second-order valence-corrected chi connectivity index (χ2v) is 5.77. The molecule has 28 heavy (non-hydrogen) atoms. The van der Waals surface area contributed by atoms with Crippen molar-refractivity contribution in [3.63, 3.8) is 0 Å². The van der Waals surface area contributed by atoms with Crippen LogP contribution in [0.3, 0.4) is 0 Å². The van der Waals surface area contributed by atoms with Gasteiger partial charge in [0.15, 0.2) is 24.7 Å². The third-order valence-corrected chi connectivity index (χ3v) is 3.49. The molecular formula is C19H18F3NO5. The number of amides is 1. The van der Waals surface area contributed by atoms with E-state index in [1.54, 1.807) is 30.3 Å². The van der Waals surface area contributed by atoms with Crippen molar-refractivity contribution >= 4 is 11.9 Å². The van der Waals surface area contributed by atoms with Gasteiger partial charge in [-0.3, -0.25) is 9.59 Å². The lowest BCUT2D eigenvalue weighted by atomic mass is 10.2. The highest BCUT2D eigenvalue weighted by molar-refractivity contribution is 5.82. The predicted molar refractivity (Wildman–Crippen MR) is 93.0 cm³/mol. The molecule has 0 bridgehead atoms. The Kier molecular flexibility index (Phi) is 7.25.